The first kappa shape index (κ1) is 18.9. The maximum absolute atomic E-state index is 12.8. The van der Waals surface area contributed by atoms with Crippen LogP contribution in [0.2, 0.25) is 0 Å². The van der Waals surface area contributed by atoms with Gasteiger partial charge in [-0.1, -0.05) is 13.8 Å². The minimum absolute atomic E-state index is 0.0951. The molecule has 0 aliphatic carbocycles. The summed E-state index contributed by atoms with van der Waals surface area (Å²) in [6, 6.07) is -0.604. The topological polar surface area (TPSA) is 79.5 Å². The zero-order valence-electron chi connectivity index (χ0n) is 14.9. The zero-order chi connectivity index (χ0) is 17.9. The minimum atomic E-state index is -0.604. The van der Waals surface area contributed by atoms with E-state index in [0.29, 0.717) is 16.8 Å². The Labute approximate surface area is 137 Å². The average Bonchev–Trinajstić information content (AvgIpc) is 2.79. The van der Waals surface area contributed by atoms with Crippen molar-refractivity contribution in [2.24, 2.45) is 5.92 Å². The Kier molecular flexibility index (Phi) is 6.12. The fourth-order valence-corrected chi connectivity index (χ4v) is 2.51. The van der Waals surface area contributed by atoms with Crippen molar-refractivity contribution in [2.45, 2.75) is 47.6 Å². The van der Waals surface area contributed by atoms with E-state index in [2.05, 4.69) is 4.98 Å². The van der Waals surface area contributed by atoms with Crippen molar-refractivity contribution in [3.05, 3.63) is 22.5 Å². The molecule has 0 aliphatic heterocycles. The summed E-state index contributed by atoms with van der Waals surface area (Å²) >= 11 is 0. The van der Waals surface area contributed by atoms with E-state index in [1.54, 1.807) is 48.6 Å². The molecule has 0 saturated heterocycles. The van der Waals surface area contributed by atoms with Gasteiger partial charge in [0.25, 0.3) is 0 Å². The van der Waals surface area contributed by atoms with Crippen molar-refractivity contribution in [2.75, 3.05) is 13.7 Å². The van der Waals surface area contributed by atoms with Gasteiger partial charge in [-0.15, -0.1) is 0 Å². The van der Waals surface area contributed by atoms with Crippen molar-refractivity contribution >= 4 is 17.7 Å². The zero-order valence-corrected chi connectivity index (χ0v) is 14.9. The number of ketones is 1. The second-order valence-electron chi connectivity index (χ2n) is 5.99. The van der Waals surface area contributed by atoms with Gasteiger partial charge in [0.15, 0.2) is 5.78 Å². The molecule has 0 saturated carbocycles. The van der Waals surface area contributed by atoms with E-state index < -0.39 is 12.0 Å². The van der Waals surface area contributed by atoms with Crippen LogP contribution in [0.25, 0.3) is 0 Å². The summed E-state index contributed by atoms with van der Waals surface area (Å²) in [6.45, 7) is 10.7. The van der Waals surface area contributed by atoms with Crippen molar-refractivity contribution in [3.63, 3.8) is 0 Å². The van der Waals surface area contributed by atoms with E-state index in [-0.39, 0.29) is 29.9 Å². The number of nitrogens with one attached hydrogen (secondary N) is 1. The van der Waals surface area contributed by atoms with Gasteiger partial charge in [-0.25, -0.2) is 4.79 Å². The number of aromatic nitrogens is 1. The molecule has 6 heteroatoms. The van der Waals surface area contributed by atoms with Crippen LogP contribution in [0.15, 0.2) is 0 Å². The first-order chi connectivity index (χ1) is 10.6. The van der Waals surface area contributed by atoms with Crippen LogP contribution in [0.5, 0.6) is 0 Å². The lowest BCUT2D eigenvalue weighted by Gasteiger charge is -2.25. The van der Waals surface area contributed by atoms with Crippen LogP contribution < -0.4 is 0 Å². The molecule has 1 heterocycles. The van der Waals surface area contributed by atoms with E-state index in [4.69, 9.17) is 4.74 Å². The van der Waals surface area contributed by atoms with E-state index >= 15 is 0 Å². The number of H-pyrrole nitrogens is 1. The van der Waals surface area contributed by atoms with Gasteiger partial charge in [-0.05, 0) is 33.3 Å². The van der Waals surface area contributed by atoms with E-state index in [1.165, 1.54) is 4.90 Å². The largest absolute Gasteiger partial charge is 0.461 e. The monoisotopic (exact) mass is 322 g/mol. The van der Waals surface area contributed by atoms with E-state index in [0.717, 1.165) is 0 Å². The molecule has 1 amide bonds. The van der Waals surface area contributed by atoms with Gasteiger partial charge in [0, 0.05) is 24.2 Å². The number of rotatable bonds is 6. The number of aromatic amines is 1. The van der Waals surface area contributed by atoms with Crippen LogP contribution in [-0.4, -0.2) is 47.2 Å². The Morgan fingerprint density at radius 2 is 1.74 bits per heavy atom. The van der Waals surface area contributed by atoms with Crippen LogP contribution in [-0.2, 0) is 9.53 Å². The summed E-state index contributed by atoms with van der Waals surface area (Å²) < 4.78 is 4.99. The van der Waals surface area contributed by atoms with Gasteiger partial charge < -0.3 is 14.6 Å². The Balaban J connectivity index is 3.14. The molecule has 1 rings (SSSR count). The quantitative estimate of drug-likeness (QED) is 0.644. The molecule has 0 aliphatic rings. The Morgan fingerprint density at radius 3 is 2.22 bits per heavy atom. The third-order valence-electron chi connectivity index (χ3n) is 3.97. The molecule has 1 aromatic heterocycles. The van der Waals surface area contributed by atoms with Crippen LogP contribution in [0, 0.1) is 19.8 Å². The lowest BCUT2D eigenvalue weighted by atomic mass is 9.99. The predicted octanol–water partition coefficient (Wildman–Crippen LogP) is 2.49. The molecule has 0 spiro atoms. The van der Waals surface area contributed by atoms with Crippen molar-refractivity contribution in [3.8, 4) is 0 Å². The Bertz CT molecular complexity index is 616. The highest BCUT2D eigenvalue weighted by molar-refractivity contribution is 6.06. The van der Waals surface area contributed by atoms with Gasteiger partial charge in [0.05, 0.1) is 12.6 Å². The first-order valence-electron chi connectivity index (χ1n) is 7.80. The highest BCUT2D eigenvalue weighted by atomic mass is 16.5. The summed E-state index contributed by atoms with van der Waals surface area (Å²) in [6.07, 6.45) is 0. The number of nitrogens with zero attached hydrogens (tertiary/aromatic N) is 1. The van der Waals surface area contributed by atoms with Gasteiger partial charge in [0.1, 0.15) is 5.69 Å². The Morgan fingerprint density at radius 1 is 1.17 bits per heavy atom. The third kappa shape index (κ3) is 3.81. The van der Waals surface area contributed by atoms with Crippen LogP contribution in [0.3, 0.4) is 0 Å². The molecular weight excluding hydrogens is 296 g/mol. The molecular formula is C17H26N2O4. The summed E-state index contributed by atoms with van der Waals surface area (Å²) in [7, 11) is 1.62. The molecule has 1 N–H and O–H groups in total. The lowest BCUT2D eigenvalue weighted by molar-refractivity contribution is -0.134. The first-order valence-corrected chi connectivity index (χ1v) is 7.80. The van der Waals surface area contributed by atoms with Crippen LogP contribution in [0.1, 0.15) is 59.8 Å². The fraction of sp³-hybridized carbons (Fsp3) is 0.588. The van der Waals surface area contributed by atoms with Crippen molar-refractivity contribution in [1.82, 2.24) is 9.88 Å². The minimum Gasteiger partial charge on any atom is -0.461 e. The smallest absolute Gasteiger partial charge is 0.355 e. The number of aryl methyl sites for hydroxylation is 1. The maximum Gasteiger partial charge on any atom is 0.355 e. The van der Waals surface area contributed by atoms with E-state index in [9.17, 15) is 14.4 Å². The molecule has 0 fully saturated rings. The standard InChI is InChI=1S/C17H26N2O4/c1-8-23-17(22)14-10(4)13(11(5)18-14)15(20)12(6)19(7)16(21)9(2)3/h9,12,18H,8H2,1-7H3. The molecule has 128 valence electrons. The van der Waals surface area contributed by atoms with Crippen molar-refractivity contribution in [1.29, 1.82) is 0 Å². The number of hydrogen-bond donors (Lipinski definition) is 1. The van der Waals surface area contributed by atoms with Gasteiger partial charge in [-0.3, -0.25) is 9.59 Å². The number of carbonyl (C=O) groups is 3. The molecule has 0 aromatic carbocycles. The lowest BCUT2D eigenvalue weighted by Crippen LogP contribution is -2.42. The molecule has 1 atom stereocenters. The SMILES string of the molecule is CCOC(=O)c1[nH]c(C)c(C(=O)C(C)N(C)C(=O)C(C)C)c1C. The van der Waals surface area contributed by atoms with Crippen LogP contribution in [0.4, 0.5) is 0 Å². The number of carbonyl (C=O) groups excluding carboxylic acids is 3. The molecule has 1 aromatic rings. The van der Waals surface area contributed by atoms with E-state index in [1.807, 2.05) is 0 Å². The number of esters is 1. The number of likely N-dealkylation sites (N-methyl/N-ethyl adjacent to an activating group) is 1. The second-order valence-corrected chi connectivity index (χ2v) is 5.99. The second kappa shape index (κ2) is 7.44. The van der Waals surface area contributed by atoms with Gasteiger partial charge >= 0.3 is 5.97 Å². The molecule has 1 unspecified atom stereocenters. The summed E-state index contributed by atoms with van der Waals surface area (Å²) in [5.41, 5.74) is 1.90. The fourth-order valence-electron chi connectivity index (χ4n) is 2.51. The normalized spacial score (nSPS) is 12.2. The number of ether oxygens (including phenoxy) is 1. The number of amides is 1. The summed E-state index contributed by atoms with van der Waals surface area (Å²) in [5.74, 6) is -0.948. The molecule has 0 radical (unpaired) electrons. The van der Waals surface area contributed by atoms with Crippen molar-refractivity contribution < 1.29 is 19.1 Å². The molecule has 23 heavy (non-hydrogen) atoms. The highest BCUT2D eigenvalue weighted by Gasteiger charge is 2.30. The van der Waals surface area contributed by atoms with Crippen LogP contribution >= 0.6 is 0 Å². The van der Waals surface area contributed by atoms with Gasteiger partial charge in [0.2, 0.25) is 5.91 Å². The Hall–Kier alpha value is -2.11. The molecule has 6 nitrogen and oxygen atoms in total. The average molecular weight is 322 g/mol. The number of Topliss-reactive ketones (excluding diaryl/α,β-unsaturated/α-hetero) is 1. The number of hydrogen-bond acceptors (Lipinski definition) is 4. The highest BCUT2D eigenvalue weighted by Crippen LogP contribution is 2.22. The molecule has 0 bridgehead atoms. The maximum atomic E-state index is 12.8. The summed E-state index contributed by atoms with van der Waals surface area (Å²) in [5, 5.41) is 0. The predicted molar refractivity (Wildman–Crippen MR) is 87.6 cm³/mol. The summed E-state index contributed by atoms with van der Waals surface area (Å²) in [4.78, 5) is 41.2. The third-order valence-corrected chi connectivity index (χ3v) is 3.97. The van der Waals surface area contributed by atoms with Gasteiger partial charge in [-0.2, -0.15) is 0 Å².